The van der Waals surface area contributed by atoms with Crippen molar-refractivity contribution >= 4 is 28.2 Å². The van der Waals surface area contributed by atoms with Gasteiger partial charge in [-0.1, -0.05) is 23.7 Å². The highest BCUT2D eigenvalue weighted by Gasteiger charge is 2.11. The molecule has 0 radical (unpaired) electrons. The molecule has 0 bridgehead atoms. The van der Waals surface area contributed by atoms with Crippen LogP contribution in [0, 0.1) is 6.92 Å². The third-order valence-corrected chi connectivity index (χ3v) is 4.84. The van der Waals surface area contributed by atoms with E-state index >= 15 is 0 Å². The Balaban J connectivity index is 1.64. The van der Waals surface area contributed by atoms with Crippen LogP contribution < -0.4 is 15.8 Å². The van der Waals surface area contributed by atoms with Crippen molar-refractivity contribution in [2.24, 2.45) is 0 Å². The first-order valence-electron chi connectivity index (χ1n) is 8.69. The van der Waals surface area contributed by atoms with Gasteiger partial charge in [0.25, 0.3) is 0 Å². The molecule has 0 aliphatic carbocycles. The maximum absolute atomic E-state index is 12.0. The van der Waals surface area contributed by atoms with Gasteiger partial charge in [-0.25, -0.2) is 14.3 Å². The van der Waals surface area contributed by atoms with Crippen LogP contribution in [0.5, 0.6) is 5.75 Å². The van der Waals surface area contributed by atoms with E-state index in [0.29, 0.717) is 28.8 Å². The molecule has 0 saturated heterocycles. The molecule has 0 spiro atoms. The van der Waals surface area contributed by atoms with Crippen molar-refractivity contribution in [1.82, 2.24) is 9.55 Å². The van der Waals surface area contributed by atoms with Gasteiger partial charge in [-0.3, -0.25) is 0 Å². The molecular formula is C21H18ClN3O3. The summed E-state index contributed by atoms with van der Waals surface area (Å²) in [6.07, 6.45) is 3.15. The summed E-state index contributed by atoms with van der Waals surface area (Å²) in [5, 5.41) is 5.52. The molecule has 0 atom stereocenters. The number of methoxy groups -OCH3 is 1. The lowest BCUT2D eigenvalue weighted by molar-refractivity contribution is 0.414. The zero-order chi connectivity index (χ0) is 19.7. The fourth-order valence-electron chi connectivity index (χ4n) is 3.05. The molecule has 0 saturated carbocycles. The average molecular weight is 396 g/mol. The number of hydrogen-bond acceptors (Lipinski definition) is 5. The Morgan fingerprint density at radius 2 is 2.00 bits per heavy atom. The Kier molecular flexibility index (Phi) is 4.79. The van der Waals surface area contributed by atoms with Gasteiger partial charge in [0.05, 0.1) is 23.5 Å². The SMILES string of the molecule is COc1ccc(CNc2cc3cc(-n4c(C)coc4=O)cc(Cl)c3cn2)cc1. The predicted octanol–water partition coefficient (Wildman–Crippen LogP) is 4.56. The van der Waals surface area contributed by atoms with Crippen LogP contribution in [0.2, 0.25) is 5.02 Å². The van der Waals surface area contributed by atoms with E-state index < -0.39 is 5.76 Å². The molecule has 0 aliphatic rings. The minimum atomic E-state index is -0.445. The van der Waals surface area contributed by atoms with Crippen LogP contribution in [0.15, 0.2) is 64.1 Å². The minimum Gasteiger partial charge on any atom is -0.497 e. The molecule has 6 nitrogen and oxygen atoms in total. The van der Waals surface area contributed by atoms with Crippen LogP contribution >= 0.6 is 11.6 Å². The Hall–Kier alpha value is -3.25. The van der Waals surface area contributed by atoms with Crippen molar-refractivity contribution < 1.29 is 9.15 Å². The number of anilines is 1. The minimum absolute atomic E-state index is 0.445. The van der Waals surface area contributed by atoms with Gasteiger partial charge in [-0.2, -0.15) is 0 Å². The molecule has 4 aromatic rings. The summed E-state index contributed by atoms with van der Waals surface area (Å²) < 4.78 is 11.6. The first kappa shape index (κ1) is 18.1. The summed E-state index contributed by atoms with van der Waals surface area (Å²) >= 11 is 6.42. The molecule has 0 unspecified atom stereocenters. The van der Waals surface area contributed by atoms with Crippen LogP contribution in [0.1, 0.15) is 11.3 Å². The molecule has 0 aliphatic heterocycles. The summed E-state index contributed by atoms with van der Waals surface area (Å²) in [6.45, 7) is 2.42. The number of nitrogens with one attached hydrogen (secondary N) is 1. The fourth-order valence-corrected chi connectivity index (χ4v) is 3.32. The largest absolute Gasteiger partial charge is 0.497 e. The van der Waals surface area contributed by atoms with Gasteiger partial charge in [0.2, 0.25) is 0 Å². The van der Waals surface area contributed by atoms with E-state index in [9.17, 15) is 4.79 Å². The van der Waals surface area contributed by atoms with Crippen LogP contribution in [0.3, 0.4) is 0 Å². The van der Waals surface area contributed by atoms with Gasteiger partial charge in [-0.05, 0) is 48.2 Å². The molecule has 2 aromatic heterocycles. The van der Waals surface area contributed by atoms with E-state index in [1.54, 1.807) is 26.3 Å². The lowest BCUT2D eigenvalue weighted by Crippen LogP contribution is -2.13. The maximum atomic E-state index is 12.0. The van der Waals surface area contributed by atoms with Gasteiger partial charge < -0.3 is 14.5 Å². The molecule has 0 amide bonds. The van der Waals surface area contributed by atoms with Crippen molar-refractivity contribution in [3.8, 4) is 11.4 Å². The highest BCUT2D eigenvalue weighted by atomic mass is 35.5. The van der Waals surface area contributed by atoms with E-state index in [-0.39, 0.29) is 0 Å². The smallest absolute Gasteiger partial charge is 0.423 e. The van der Waals surface area contributed by atoms with Crippen LogP contribution in [0.25, 0.3) is 16.5 Å². The third kappa shape index (κ3) is 3.46. The number of ether oxygens (including phenoxy) is 1. The number of rotatable bonds is 5. The number of aryl methyl sites for hydroxylation is 1. The van der Waals surface area contributed by atoms with E-state index in [4.69, 9.17) is 20.8 Å². The molecule has 28 heavy (non-hydrogen) atoms. The molecule has 0 fully saturated rings. The van der Waals surface area contributed by atoms with E-state index in [2.05, 4.69) is 10.3 Å². The number of benzene rings is 2. The van der Waals surface area contributed by atoms with Crippen molar-refractivity contribution in [3.05, 3.63) is 81.8 Å². The van der Waals surface area contributed by atoms with Crippen LogP contribution in [-0.2, 0) is 6.54 Å². The molecule has 1 N–H and O–H groups in total. The zero-order valence-corrected chi connectivity index (χ0v) is 16.2. The van der Waals surface area contributed by atoms with Gasteiger partial charge in [0.1, 0.15) is 17.8 Å². The standard InChI is InChI=1S/C21H18ClN3O3/c1-13-12-28-21(26)25(13)16-7-15-8-20(24-11-18(15)19(22)9-16)23-10-14-3-5-17(27-2)6-4-14/h3-9,11-12H,10H2,1-2H3,(H,23,24). The Labute approximate surface area is 166 Å². The number of hydrogen-bond donors (Lipinski definition) is 1. The lowest BCUT2D eigenvalue weighted by atomic mass is 10.1. The number of pyridine rings is 1. The monoisotopic (exact) mass is 395 g/mol. The lowest BCUT2D eigenvalue weighted by Gasteiger charge is -2.10. The topological polar surface area (TPSA) is 69.3 Å². The van der Waals surface area contributed by atoms with E-state index in [1.807, 2.05) is 36.4 Å². The molecule has 7 heteroatoms. The number of fused-ring (bicyclic) bond motifs is 1. The maximum Gasteiger partial charge on any atom is 0.423 e. The summed E-state index contributed by atoms with van der Waals surface area (Å²) in [4.78, 5) is 16.4. The average Bonchev–Trinajstić information content (AvgIpc) is 3.04. The van der Waals surface area contributed by atoms with Crippen molar-refractivity contribution in [1.29, 1.82) is 0 Å². The Morgan fingerprint density at radius 3 is 2.68 bits per heavy atom. The third-order valence-electron chi connectivity index (χ3n) is 4.53. The van der Waals surface area contributed by atoms with Crippen molar-refractivity contribution in [2.75, 3.05) is 12.4 Å². The number of nitrogens with zero attached hydrogens (tertiary/aromatic N) is 2. The predicted molar refractivity (Wildman–Crippen MR) is 110 cm³/mol. The molecule has 142 valence electrons. The van der Waals surface area contributed by atoms with Gasteiger partial charge in [0.15, 0.2) is 0 Å². The second-order valence-corrected chi connectivity index (χ2v) is 6.81. The summed E-state index contributed by atoms with van der Waals surface area (Å²) in [7, 11) is 1.64. The summed E-state index contributed by atoms with van der Waals surface area (Å²) in [5.74, 6) is 1.09. The number of oxazole rings is 1. The van der Waals surface area contributed by atoms with E-state index in [0.717, 1.165) is 22.1 Å². The summed E-state index contributed by atoms with van der Waals surface area (Å²) in [6, 6.07) is 13.4. The molecule has 2 aromatic carbocycles. The Morgan fingerprint density at radius 1 is 1.21 bits per heavy atom. The normalized spacial score (nSPS) is 11.0. The second kappa shape index (κ2) is 7.40. The zero-order valence-electron chi connectivity index (χ0n) is 15.4. The molecule has 2 heterocycles. The quantitative estimate of drug-likeness (QED) is 0.536. The van der Waals surface area contributed by atoms with Gasteiger partial charge >= 0.3 is 5.76 Å². The Bertz CT molecular complexity index is 1200. The van der Waals surface area contributed by atoms with Crippen LogP contribution in [-0.4, -0.2) is 16.7 Å². The van der Waals surface area contributed by atoms with Gasteiger partial charge in [-0.15, -0.1) is 0 Å². The van der Waals surface area contributed by atoms with E-state index in [1.165, 1.54) is 10.8 Å². The first-order valence-corrected chi connectivity index (χ1v) is 9.06. The highest BCUT2D eigenvalue weighted by molar-refractivity contribution is 6.35. The fraction of sp³-hybridized carbons (Fsp3) is 0.143. The molecule has 4 rings (SSSR count). The second-order valence-electron chi connectivity index (χ2n) is 6.40. The highest BCUT2D eigenvalue weighted by Crippen LogP contribution is 2.28. The van der Waals surface area contributed by atoms with Crippen LogP contribution in [0.4, 0.5) is 5.82 Å². The number of halogens is 1. The number of aromatic nitrogens is 2. The molecular weight excluding hydrogens is 378 g/mol. The van der Waals surface area contributed by atoms with Crippen molar-refractivity contribution in [3.63, 3.8) is 0 Å². The summed E-state index contributed by atoms with van der Waals surface area (Å²) in [5.41, 5.74) is 2.46. The first-order chi connectivity index (χ1) is 13.5. The van der Waals surface area contributed by atoms with Gasteiger partial charge in [0, 0.05) is 18.1 Å². The van der Waals surface area contributed by atoms with Crippen molar-refractivity contribution in [2.45, 2.75) is 13.5 Å².